The van der Waals surface area contributed by atoms with E-state index in [4.69, 9.17) is 4.74 Å². The molecule has 0 unspecified atom stereocenters. The molecule has 0 aromatic carbocycles. The van der Waals surface area contributed by atoms with Crippen LogP contribution in [0.1, 0.15) is 30.8 Å². The molecule has 2 fully saturated rings. The molecule has 3 heterocycles. The van der Waals surface area contributed by atoms with Gasteiger partial charge in [0, 0.05) is 50.3 Å². The summed E-state index contributed by atoms with van der Waals surface area (Å²) in [6.45, 7) is 6.66. The molecular weight excluding hydrogens is 308 g/mol. The van der Waals surface area contributed by atoms with Crippen LogP contribution < -0.4 is 5.32 Å². The molecule has 1 aromatic heterocycles. The van der Waals surface area contributed by atoms with Gasteiger partial charge in [-0.25, -0.2) is 4.98 Å². The van der Waals surface area contributed by atoms with Gasteiger partial charge in [-0.3, -0.25) is 14.6 Å². The van der Waals surface area contributed by atoms with Crippen LogP contribution in [0.3, 0.4) is 0 Å². The molecule has 1 aromatic rings. The third-order valence-electron chi connectivity index (χ3n) is 4.70. The maximum atomic E-state index is 12.2. The third-order valence-corrected chi connectivity index (χ3v) is 4.70. The Balaban J connectivity index is 1.52. The van der Waals surface area contributed by atoms with Crippen molar-refractivity contribution in [2.24, 2.45) is 17.8 Å². The van der Waals surface area contributed by atoms with Crippen LogP contribution in [0.4, 0.5) is 0 Å². The van der Waals surface area contributed by atoms with E-state index in [1.54, 1.807) is 0 Å². The van der Waals surface area contributed by atoms with Crippen LogP contribution in [0.5, 0.6) is 0 Å². The van der Waals surface area contributed by atoms with Crippen molar-refractivity contribution in [1.29, 1.82) is 0 Å². The molecule has 3 rings (SSSR count). The number of hydrogen-bond acceptors (Lipinski definition) is 5. The number of nitrogens with one attached hydrogen (secondary N) is 1. The second-order valence-corrected chi connectivity index (χ2v) is 6.99. The van der Waals surface area contributed by atoms with Gasteiger partial charge in [0.2, 0.25) is 5.91 Å². The quantitative estimate of drug-likeness (QED) is 0.859. The average Bonchev–Trinajstić information content (AvgIpc) is 3.14. The van der Waals surface area contributed by atoms with E-state index < -0.39 is 0 Å². The molecule has 0 spiro atoms. The zero-order chi connectivity index (χ0) is 17.1. The molecule has 24 heavy (non-hydrogen) atoms. The van der Waals surface area contributed by atoms with Gasteiger partial charge in [0.15, 0.2) is 0 Å². The maximum Gasteiger partial charge on any atom is 0.271 e. The van der Waals surface area contributed by atoms with E-state index in [1.807, 2.05) is 4.90 Å². The molecule has 2 saturated heterocycles. The predicted octanol–water partition coefficient (Wildman–Crippen LogP) is 0.726. The lowest BCUT2D eigenvalue weighted by Crippen LogP contribution is -2.35. The number of carbonyl (C=O) groups is 2. The van der Waals surface area contributed by atoms with Gasteiger partial charge in [-0.05, 0) is 5.92 Å². The highest BCUT2D eigenvalue weighted by atomic mass is 16.5. The number of nitrogens with zero attached hydrogens (tertiary/aromatic N) is 3. The van der Waals surface area contributed by atoms with Gasteiger partial charge in [-0.15, -0.1) is 0 Å². The number of rotatable bonds is 5. The van der Waals surface area contributed by atoms with Crippen LogP contribution in [-0.4, -0.2) is 59.0 Å². The van der Waals surface area contributed by atoms with Crippen LogP contribution in [0.15, 0.2) is 18.6 Å². The average molecular weight is 332 g/mol. The van der Waals surface area contributed by atoms with Crippen molar-refractivity contribution < 1.29 is 14.3 Å². The normalized spacial score (nSPS) is 25.8. The summed E-state index contributed by atoms with van der Waals surface area (Å²) in [6, 6.07) is 0. The maximum absolute atomic E-state index is 12.2. The van der Waals surface area contributed by atoms with E-state index >= 15 is 0 Å². The SMILES string of the molecule is CC(C)CC(=O)N1C[C@@H]2[C@H](CNC(=O)c3cnccn3)CO[C@@H]2C1. The first-order valence-corrected chi connectivity index (χ1v) is 8.48. The summed E-state index contributed by atoms with van der Waals surface area (Å²) in [6.07, 6.45) is 5.16. The topological polar surface area (TPSA) is 84.4 Å². The number of ether oxygens (including phenoxy) is 1. The van der Waals surface area contributed by atoms with Crippen molar-refractivity contribution in [3.05, 3.63) is 24.3 Å². The van der Waals surface area contributed by atoms with Crippen molar-refractivity contribution in [3.8, 4) is 0 Å². The zero-order valence-electron chi connectivity index (χ0n) is 14.1. The fraction of sp³-hybridized carbons (Fsp3) is 0.647. The van der Waals surface area contributed by atoms with Gasteiger partial charge in [-0.1, -0.05) is 13.8 Å². The molecule has 3 atom stereocenters. The Bertz CT molecular complexity index is 593. The molecule has 2 amide bonds. The minimum Gasteiger partial charge on any atom is -0.376 e. The Morgan fingerprint density at radius 1 is 1.38 bits per heavy atom. The molecule has 1 N–H and O–H groups in total. The Kier molecular flexibility index (Phi) is 5.08. The molecule has 7 heteroatoms. The predicted molar refractivity (Wildman–Crippen MR) is 87.1 cm³/mol. The Morgan fingerprint density at radius 2 is 2.21 bits per heavy atom. The molecule has 0 radical (unpaired) electrons. The largest absolute Gasteiger partial charge is 0.376 e. The third kappa shape index (κ3) is 3.72. The highest BCUT2D eigenvalue weighted by molar-refractivity contribution is 5.91. The van der Waals surface area contributed by atoms with Gasteiger partial charge < -0.3 is 15.0 Å². The van der Waals surface area contributed by atoms with E-state index in [-0.39, 0.29) is 23.8 Å². The molecule has 2 aliphatic rings. The number of likely N-dealkylation sites (tertiary alicyclic amines) is 1. The molecular formula is C17H24N4O3. The van der Waals surface area contributed by atoms with Crippen molar-refractivity contribution in [2.75, 3.05) is 26.2 Å². The number of carbonyl (C=O) groups excluding carboxylic acids is 2. The zero-order valence-corrected chi connectivity index (χ0v) is 14.1. The van der Waals surface area contributed by atoms with Gasteiger partial charge in [0.05, 0.1) is 18.9 Å². The van der Waals surface area contributed by atoms with E-state index in [2.05, 4.69) is 29.1 Å². The van der Waals surface area contributed by atoms with Crippen LogP contribution >= 0.6 is 0 Å². The van der Waals surface area contributed by atoms with Crippen molar-refractivity contribution in [3.63, 3.8) is 0 Å². The standard InChI is InChI=1S/C17H24N4O3/c1-11(2)5-16(22)21-8-13-12(10-24-15(13)9-21)6-20-17(23)14-7-18-3-4-19-14/h3-4,7,11-13,15H,5-6,8-10H2,1-2H3,(H,20,23)/t12-,13-,15-/m1/s1. The lowest BCUT2D eigenvalue weighted by Gasteiger charge is -2.21. The Morgan fingerprint density at radius 3 is 2.92 bits per heavy atom. The van der Waals surface area contributed by atoms with E-state index in [0.717, 1.165) is 6.54 Å². The summed E-state index contributed by atoms with van der Waals surface area (Å²) in [5, 5.41) is 2.90. The molecule has 130 valence electrons. The summed E-state index contributed by atoms with van der Waals surface area (Å²) in [4.78, 5) is 34.1. The summed E-state index contributed by atoms with van der Waals surface area (Å²) in [7, 11) is 0. The first-order valence-electron chi connectivity index (χ1n) is 8.48. The number of aromatic nitrogens is 2. The first kappa shape index (κ1) is 16.8. The van der Waals surface area contributed by atoms with Crippen molar-refractivity contribution in [2.45, 2.75) is 26.4 Å². The Labute approximate surface area is 141 Å². The highest BCUT2D eigenvalue weighted by Crippen LogP contribution is 2.33. The first-order chi connectivity index (χ1) is 11.5. The number of fused-ring (bicyclic) bond motifs is 1. The van der Waals surface area contributed by atoms with Crippen LogP contribution in [0.2, 0.25) is 0 Å². The van der Waals surface area contributed by atoms with Crippen molar-refractivity contribution in [1.82, 2.24) is 20.2 Å². The monoisotopic (exact) mass is 332 g/mol. The van der Waals surface area contributed by atoms with Gasteiger partial charge in [0.25, 0.3) is 5.91 Å². The lowest BCUT2D eigenvalue weighted by molar-refractivity contribution is -0.131. The Hall–Kier alpha value is -2.02. The van der Waals surface area contributed by atoms with Gasteiger partial charge in [0.1, 0.15) is 5.69 Å². The van der Waals surface area contributed by atoms with Gasteiger partial charge in [-0.2, -0.15) is 0 Å². The molecule has 2 aliphatic heterocycles. The molecule has 7 nitrogen and oxygen atoms in total. The smallest absolute Gasteiger partial charge is 0.271 e. The molecule has 0 aliphatic carbocycles. The fourth-order valence-corrected chi connectivity index (χ4v) is 3.42. The van der Waals surface area contributed by atoms with E-state index in [9.17, 15) is 9.59 Å². The van der Waals surface area contributed by atoms with Gasteiger partial charge >= 0.3 is 0 Å². The minimum absolute atomic E-state index is 0.0968. The summed E-state index contributed by atoms with van der Waals surface area (Å²) >= 11 is 0. The second kappa shape index (κ2) is 7.25. The summed E-state index contributed by atoms with van der Waals surface area (Å²) in [5.41, 5.74) is 0.313. The second-order valence-electron chi connectivity index (χ2n) is 6.99. The number of amides is 2. The fourth-order valence-electron chi connectivity index (χ4n) is 3.42. The molecule has 0 bridgehead atoms. The number of hydrogen-bond donors (Lipinski definition) is 1. The van der Waals surface area contributed by atoms with Crippen LogP contribution in [-0.2, 0) is 9.53 Å². The molecule has 0 saturated carbocycles. The summed E-state index contributed by atoms with van der Waals surface area (Å²) in [5.74, 6) is 0.860. The summed E-state index contributed by atoms with van der Waals surface area (Å²) < 4.78 is 5.84. The van der Waals surface area contributed by atoms with Crippen LogP contribution in [0, 0.1) is 17.8 Å². The van der Waals surface area contributed by atoms with Crippen LogP contribution in [0.25, 0.3) is 0 Å². The van der Waals surface area contributed by atoms with Crippen molar-refractivity contribution >= 4 is 11.8 Å². The van der Waals surface area contributed by atoms with E-state index in [0.29, 0.717) is 43.6 Å². The lowest BCUT2D eigenvalue weighted by atomic mass is 9.93. The highest BCUT2D eigenvalue weighted by Gasteiger charge is 2.45. The van der Waals surface area contributed by atoms with E-state index in [1.165, 1.54) is 18.6 Å². The minimum atomic E-state index is -0.225.